The molecule has 23 heavy (non-hydrogen) atoms. The molecule has 0 unspecified atom stereocenters. The largest absolute Gasteiger partial charge is 0.321 e. The number of pyridine rings is 2. The summed E-state index contributed by atoms with van der Waals surface area (Å²) in [6, 6.07) is 14.6. The van der Waals surface area contributed by atoms with Crippen LogP contribution in [0.15, 0.2) is 60.9 Å². The Morgan fingerprint density at radius 1 is 1.04 bits per heavy atom. The maximum absolute atomic E-state index is 12.5. The predicted octanol–water partition coefficient (Wildman–Crippen LogP) is 4.36. The fraction of sp³-hybridized carbons (Fsp3) is 0.0556. The zero-order chi connectivity index (χ0) is 16.2. The Kier molecular flexibility index (Phi) is 4.35. The molecule has 4 nitrogen and oxygen atoms in total. The average molecular weight is 324 g/mol. The normalized spacial score (nSPS) is 10.3. The first kappa shape index (κ1) is 15.2. The van der Waals surface area contributed by atoms with Gasteiger partial charge in [0.1, 0.15) is 0 Å². The van der Waals surface area contributed by atoms with Crippen molar-refractivity contribution >= 4 is 23.2 Å². The van der Waals surface area contributed by atoms with E-state index in [0.717, 1.165) is 11.3 Å². The molecule has 0 saturated carbocycles. The predicted molar refractivity (Wildman–Crippen MR) is 91.6 cm³/mol. The molecule has 0 saturated heterocycles. The van der Waals surface area contributed by atoms with Crippen molar-refractivity contribution in [1.82, 2.24) is 9.97 Å². The molecule has 2 heterocycles. The molecule has 0 aliphatic heterocycles. The van der Waals surface area contributed by atoms with Crippen LogP contribution in [0.25, 0.3) is 11.3 Å². The maximum atomic E-state index is 12.5. The van der Waals surface area contributed by atoms with Crippen molar-refractivity contribution < 1.29 is 4.79 Å². The highest BCUT2D eigenvalue weighted by Gasteiger charge is 2.12. The average Bonchev–Trinajstić information content (AvgIpc) is 2.56. The van der Waals surface area contributed by atoms with Gasteiger partial charge < -0.3 is 5.32 Å². The minimum absolute atomic E-state index is 0.197. The van der Waals surface area contributed by atoms with Gasteiger partial charge in [0.2, 0.25) is 0 Å². The molecular formula is C18H14ClN3O. The fourth-order valence-electron chi connectivity index (χ4n) is 2.26. The third-order valence-electron chi connectivity index (χ3n) is 3.43. The second-order valence-electron chi connectivity index (χ2n) is 5.00. The minimum Gasteiger partial charge on any atom is -0.321 e. The number of halogens is 1. The van der Waals surface area contributed by atoms with Crippen LogP contribution in [0, 0.1) is 6.92 Å². The number of hydrogen-bond donors (Lipinski definition) is 1. The van der Waals surface area contributed by atoms with E-state index in [1.165, 1.54) is 0 Å². The van der Waals surface area contributed by atoms with E-state index in [9.17, 15) is 4.79 Å². The first-order valence-electron chi connectivity index (χ1n) is 7.09. The van der Waals surface area contributed by atoms with E-state index in [1.807, 2.05) is 37.3 Å². The number of nitrogens with zero attached hydrogens (tertiary/aromatic N) is 2. The Morgan fingerprint density at radius 3 is 2.61 bits per heavy atom. The van der Waals surface area contributed by atoms with Crippen molar-refractivity contribution in [1.29, 1.82) is 0 Å². The lowest BCUT2D eigenvalue weighted by Crippen LogP contribution is -2.14. The van der Waals surface area contributed by atoms with Gasteiger partial charge in [-0.15, -0.1) is 0 Å². The van der Waals surface area contributed by atoms with Crippen LogP contribution in [0.4, 0.5) is 5.69 Å². The van der Waals surface area contributed by atoms with Crippen LogP contribution >= 0.6 is 11.6 Å². The molecule has 0 aliphatic carbocycles. The van der Waals surface area contributed by atoms with E-state index >= 15 is 0 Å². The molecule has 0 bridgehead atoms. The molecule has 0 atom stereocenters. The Morgan fingerprint density at radius 2 is 1.87 bits per heavy atom. The summed E-state index contributed by atoms with van der Waals surface area (Å²) in [4.78, 5) is 20.9. The van der Waals surface area contributed by atoms with E-state index in [-0.39, 0.29) is 5.91 Å². The molecule has 0 radical (unpaired) electrons. The summed E-state index contributed by atoms with van der Waals surface area (Å²) in [6.45, 7) is 1.81. The lowest BCUT2D eigenvalue weighted by atomic mass is 10.1. The molecule has 1 amide bonds. The van der Waals surface area contributed by atoms with Crippen molar-refractivity contribution in [2.75, 3.05) is 5.32 Å². The summed E-state index contributed by atoms with van der Waals surface area (Å²) >= 11 is 5.88. The summed E-state index contributed by atoms with van der Waals surface area (Å²) in [5.41, 5.74) is 3.50. The standard InChI is InChI=1S/C18H14ClN3O/c1-12-14(6-4-10-20-12)18(23)22-17-7-3-2-5-15(17)16-9-8-13(19)11-21-16/h2-11H,1H3,(H,22,23). The molecule has 0 fully saturated rings. The highest BCUT2D eigenvalue weighted by Crippen LogP contribution is 2.27. The molecule has 1 N–H and O–H groups in total. The number of para-hydroxylation sites is 1. The number of aryl methyl sites for hydroxylation is 1. The number of anilines is 1. The molecule has 0 aliphatic rings. The van der Waals surface area contributed by atoms with Crippen molar-refractivity contribution in [3.8, 4) is 11.3 Å². The van der Waals surface area contributed by atoms with E-state index < -0.39 is 0 Å². The van der Waals surface area contributed by atoms with Crippen LogP contribution in [0.1, 0.15) is 16.1 Å². The van der Waals surface area contributed by atoms with Gasteiger partial charge in [0, 0.05) is 23.7 Å². The maximum Gasteiger partial charge on any atom is 0.257 e. The first-order chi connectivity index (χ1) is 11.1. The van der Waals surface area contributed by atoms with Gasteiger partial charge in [-0.2, -0.15) is 0 Å². The number of carbonyl (C=O) groups excluding carboxylic acids is 1. The summed E-state index contributed by atoms with van der Waals surface area (Å²) in [5, 5.41) is 3.50. The van der Waals surface area contributed by atoms with E-state index in [4.69, 9.17) is 11.6 Å². The van der Waals surface area contributed by atoms with Gasteiger partial charge in [0.05, 0.1) is 22.0 Å². The Bertz CT molecular complexity index is 847. The fourth-order valence-corrected chi connectivity index (χ4v) is 2.38. The summed E-state index contributed by atoms with van der Waals surface area (Å²) in [7, 11) is 0. The number of hydrogen-bond acceptors (Lipinski definition) is 3. The number of aromatic nitrogens is 2. The molecule has 5 heteroatoms. The van der Waals surface area contributed by atoms with Crippen molar-refractivity contribution in [2.45, 2.75) is 6.92 Å². The van der Waals surface area contributed by atoms with E-state index in [2.05, 4.69) is 15.3 Å². The number of benzene rings is 1. The van der Waals surface area contributed by atoms with E-state index in [0.29, 0.717) is 22.0 Å². The highest BCUT2D eigenvalue weighted by atomic mass is 35.5. The van der Waals surface area contributed by atoms with Crippen LogP contribution < -0.4 is 5.32 Å². The number of carbonyl (C=O) groups is 1. The molecule has 0 spiro atoms. The van der Waals surface area contributed by atoms with Crippen molar-refractivity contribution in [3.63, 3.8) is 0 Å². The van der Waals surface area contributed by atoms with Crippen LogP contribution in [-0.2, 0) is 0 Å². The second kappa shape index (κ2) is 6.58. The highest BCUT2D eigenvalue weighted by molar-refractivity contribution is 6.30. The van der Waals surface area contributed by atoms with Crippen LogP contribution in [0.2, 0.25) is 5.02 Å². The topological polar surface area (TPSA) is 54.9 Å². The van der Waals surface area contributed by atoms with Gasteiger partial charge in [-0.05, 0) is 37.3 Å². The second-order valence-corrected chi connectivity index (χ2v) is 5.43. The molecule has 2 aromatic heterocycles. The zero-order valence-electron chi connectivity index (χ0n) is 12.5. The first-order valence-corrected chi connectivity index (χ1v) is 7.47. The quantitative estimate of drug-likeness (QED) is 0.779. The number of nitrogens with one attached hydrogen (secondary N) is 1. The van der Waals surface area contributed by atoms with Gasteiger partial charge >= 0.3 is 0 Å². The van der Waals surface area contributed by atoms with Gasteiger partial charge in [-0.25, -0.2) is 0 Å². The molecular weight excluding hydrogens is 310 g/mol. The smallest absolute Gasteiger partial charge is 0.257 e. The van der Waals surface area contributed by atoms with Crippen molar-refractivity contribution in [3.05, 3.63) is 77.2 Å². The zero-order valence-corrected chi connectivity index (χ0v) is 13.2. The number of rotatable bonds is 3. The van der Waals surface area contributed by atoms with Gasteiger partial charge in [0.15, 0.2) is 0 Å². The summed E-state index contributed by atoms with van der Waals surface area (Å²) < 4.78 is 0. The SMILES string of the molecule is Cc1ncccc1C(=O)Nc1ccccc1-c1ccc(Cl)cn1. The Balaban J connectivity index is 1.94. The van der Waals surface area contributed by atoms with Crippen molar-refractivity contribution in [2.24, 2.45) is 0 Å². The van der Waals surface area contributed by atoms with Gasteiger partial charge in [-0.1, -0.05) is 29.8 Å². The molecule has 114 valence electrons. The van der Waals surface area contributed by atoms with Gasteiger partial charge in [0.25, 0.3) is 5.91 Å². The van der Waals surface area contributed by atoms with Gasteiger partial charge in [-0.3, -0.25) is 14.8 Å². The van der Waals surface area contributed by atoms with Crippen LogP contribution in [-0.4, -0.2) is 15.9 Å². The number of amides is 1. The molecule has 3 aromatic rings. The third kappa shape index (κ3) is 3.38. The van der Waals surface area contributed by atoms with Crippen LogP contribution in [0.3, 0.4) is 0 Å². The molecule has 1 aromatic carbocycles. The lowest BCUT2D eigenvalue weighted by Gasteiger charge is -2.11. The van der Waals surface area contributed by atoms with Crippen LogP contribution in [0.5, 0.6) is 0 Å². The molecule has 3 rings (SSSR count). The third-order valence-corrected chi connectivity index (χ3v) is 3.65. The monoisotopic (exact) mass is 323 g/mol. The Labute approximate surface area is 139 Å². The summed E-state index contributed by atoms with van der Waals surface area (Å²) in [5.74, 6) is -0.197. The minimum atomic E-state index is -0.197. The lowest BCUT2D eigenvalue weighted by molar-refractivity contribution is 0.102. The van der Waals surface area contributed by atoms with E-state index in [1.54, 1.807) is 30.6 Å². The summed E-state index contributed by atoms with van der Waals surface area (Å²) in [6.07, 6.45) is 3.25. The Hall–Kier alpha value is -2.72.